The van der Waals surface area contributed by atoms with Crippen LogP contribution in [0.25, 0.3) is 16.9 Å². The Labute approximate surface area is 135 Å². The van der Waals surface area contributed by atoms with Crippen LogP contribution in [0.4, 0.5) is 8.78 Å². The summed E-state index contributed by atoms with van der Waals surface area (Å²) in [6.45, 7) is 1.68. The molecular formula is C16H10Cl2F2N2. The zero-order valence-electron chi connectivity index (χ0n) is 11.4. The largest absolute Gasteiger partial charge is 0.298 e. The third kappa shape index (κ3) is 2.49. The topological polar surface area (TPSA) is 17.8 Å². The van der Waals surface area contributed by atoms with E-state index in [-0.39, 0.29) is 10.6 Å². The van der Waals surface area contributed by atoms with E-state index in [0.29, 0.717) is 22.1 Å². The molecule has 2 aromatic carbocycles. The van der Waals surface area contributed by atoms with Gasteiger partial charge in [-0.1, -0.05) is 23.2 Å². The molecule has 3 aromatic rings. The molecule has 0 saturated carbocycles. The summed E-state index contributed by atoms with van der Waals surface area (Å²) >= 11 is 11.7. The van der Waals surface area contributed by atoms with Crippen molar-refractivity contribution in [3.8, 4) is 16.9 Å². The Morgan fingerprint density at radius 1 is 1.00 bits per heavy atom. The predicted molar refractivity (Wildman–Crippen MR) is 83.7 cm³/mol. The standard InChI is InChI=1S/C16H10Cl2F2N2/c1-9-16(14-13(19)7-6-12(18)15(14)20)22(8-21-9)11-4-2-10(17)3-5-11/h2-8H,1H3. The predicted octanol–water partition coefficient (Wildman–Crippen LogP) is 5.43. The van der Waals surface area contributed by atoms with Crippen molar-refractivity contribution in [2.24, 2.45) is 0 Å². The highest BCUT2D eigenvalue weighted by molar-refractivity contribution is 6.31. The van der Waals surface area contributed by atoms with Crippen LogP contribution in [0.3, 0.4) is 0 Å². The molecule has 0 aliphatic carbocycles. The van der Waals surface area contributed by atoms with Crippen LogP contribution in [-0.4, -0.2) is 9.55 Å². The van der Waals surface area contributed by atoms with Crippen molar-refractivity contribution in [1.82, 2.24) is 9.55 Å². The minimum atomic E-state index is -0.805. The molecular weight excluding hydrogens is 329 g/mol. The van der Waals surface area contributed by atoms with Crippen molar-refractivity contribution >= 4 is 23.2 Å². The number of halogens is 4. The van der Waals surface area contributed by atoms with E-state index in [4.69, 9.17) is 23.2 Å². The lowest BCUT2D eigenvalue weighted by molar-refractivity contribution is 0.588. The highest BCUT2D eigenvalue weighted by atomic mass is 35.5. The van der Waals surface area contributed by atoms with Gasteiger partial charge >= 0.3 is 0 Å². The van der Waals surface area contributed by atoms with E-state index in [1.807, 2.05) is 0 Å². The second-order valence-electron chi connectivity index (χ2n) is 4.74. The number of benzene rings is 2. The number of hydrogen-bond acceptors (Lipinski definition) is 1. The van der Waals surface area contributed by atoms with E-state index >= 15 is 0 Å². The van der Waals surface area contributed by atoms with Crippen LogP contribution in [0.2, 0.25) is 10.0 Å². The van der Waals surface area contributed by atoms with Gasteiger partial charge in [-0.25, -0.2) is 13.8 Å². The molecule has 0 spiro atoms. The summed E-state index contributed by atoms with van der Waals surface area (Å²) in [5, 5.41) is 0.432. The molecule has 1 heterocycles. The summed E-state index contributed by atoms with van der Waals surface area (Å²) in [5.74, 6) is -1.50. The molecule has 0 aliphatic rings. The fourth-order valence-corrected chi connectivity index (χ4v) is 2.56. The van der Waals surface area contributed by atoms with Crippen LogP contribution >= 0.6 is 23.2 Å². The van der Waals surface area contributed by atoms with Gasteiger partial charge in [0.2, 0.25) is 0 Å². The molecule has 3 rings (SSSR count). The number of nitrogens with zero attached hydrogens (tertiary/aromatic N) is 2. The SMILES string of the molecule is Cc1ncn(-c2ccc(Cl)cc2)c1-c1c(F)ccc(Cl)c1F. The third-order valence-corrected chi connectivity index (χ3v) is 3.88. The molecule has 0 fully saturated rings. The number of aryl methyl sites for hydroxylation is 1. The molecule has 112 valence electrons. The summed E-state index contributed by atoms with van der Waals surface area (Å²) in [4.78, 5) is 4.16. The molecule has 0 radical (unpaired) electrons. The normalized spacial score (nSPS) is 11.0. The van der Waals surface area contributed by atoms with Gasteiger partial charge in [0.15, 0.2) is 5.82 Å². The first kappa shape index (κ1) is 15.0. The minimum Gasteiger partial charge on any atom is -0.298 e. The number of imidazole rings is 1. The van der Waals surface area contributed by atoms with Crippen molar-refractivity contribution in [3.63, 3.8) is 0 Å². The highest BCUT2D eigenvalue weighted by Gasteiger charge is 2.21. The lowest BCUT2D eigenvalue weighted by Gasteiger charge is -2.12. The second-order valence-corrected chi connectivity index (χ2v) is 5.59. The quantitative estimate of drug-likeness (QED) is 0.569. The van der Waals surface area contributed by atoms with Crippen LogP contribution in [0.1, 0.15) is 5.69 Å². The molecule has 22 heavy (non-hydrogen) atoms. The van der Waals surface area contributed by atoms with Crippen LogP contribution in [0.15, 0.2) is 42.7 Å². The van der Waals surface area contributed by atoms with Gasteiger partial charge in [-0.15, -0.1) is 0 Å². The molecule has 6 heteroatoms. The number of aromatic nitrogens is 2. The van der Waals surface area contributed by atoms with Gasteiger partial charge in [-0.05, 0) is 43.3 Å². The zero-order chi connectivity index (χ0) is 15.9. The van der Waals surface area contributed by atoms with Crippen molar-refractivity contribution < 1.29 is 8.78 Å². The van der Waals surface area contributed by atoms with Crippen LogP contribution in [0, 0.1) is 18.6 Å². The Balaban J connectivity index is 2.27. The smallest absolute Gasteiger partial charge is 0.154 e. The number of rotatable bonds is 2. The maximum atomic E-state index is 14.3. The van der Waals surface area contributed by atoms with E-state index in [1.165, 1.54) is 12.4 Å². The lowest BCUT2D eigenvalue weighted by Crippen LogP contribution is -2.00. The average Bonchev–Trinajstić information content (AvgIpc) is 2.86. The molecule has 0 amide bonds. The number of hydrogen-bond donors (Lipinski definition) is 0. The second kappa shape index (κ2) is 5.71. The van der Waals surface area contributed by atoms with E-state index in [2.05, 4.69) is 4.98 Å². The summed E-state index contributed by atoms with van der Waals surface area (Å²) in [6.07, 6.45) is 1.51. The summed E-state index contributed by atoms with van der Waals surface area (Å²) in [7, 11) is 0. The van der Waals surface area contributed by atoms with E-state index in [9.17, 15) is 8.78 Å². The van der Waals surface area contributed by atoms with Gasteiger partial charge < -0.3 is 0 Å². The molecule has 0 N–H and O–H groups in total. The van der Waals surface area contributed by atoms with Crippen LogP contribution in [-0.2, 0) is 0 Å². The summed E-state index contributed by atoms with van der Waals surface area (Å²) in [6, 6.07) is 9.20. The molecule has 2 nitrogen and oxygen atoms in total. The first-order chi connectivity index (χ1) is 10.5. The Kier molecular flexibility index (Phi) is 3.89. The van der Waals surface area contributed by atoms with Gasteiger partial charge in [0.05, 0.1) is 28.3 Å². The van der Waals surface area contributed by atoms with Crippen molar-refractivity contribution in [1.29, 1.82) is 0 Å². The fraction of sp³-hybridized carbons (Fsp3) is 0.0625. The van der Waals surface area contributed by atoms with Gasteiger partial charge in [0, 0.05) is 10.7 Å². The first-order valence-electron chi connectivity index (χ1n) is 6.43. The first-order valence-corrected chi connectivity index (χ1v) is 7.18. The molecule has 0 atom stereocenters. The fourth-order valence-electron chi connectivity index (χ4n) is 2.28. The molecule has 0 unspecified atom stereocenters. The Hall–Kier alpha value is -1.91. The minimum absolute atomic E-state index is 0.139. The van der Waals surface area contributed by atoms with E-state index < -0.39 is 11.6 Å². The molecule has 0 aliphatic heterocycles. The monoisotopic (exact) mass is 338 g/mol. The van der Waals surface area contributed by atoms with E-state index in [0.717, 1.165) is 6.07 Å². The Morgan fingerprint density at radius 3 is 2.36 bits per heavy atom. The van der Waals surface area contributed by atoms with Crippen LogP contribution < -0.4 is 0 Å². The Bertz CT molecular complexity index is 842. The zero-order valence-corrected chi connectivity index (χ0v) is 13.0. The van der Waals surface area contributed by atoms with Gasteiger partial charge in [-0.3, -0.25) is 4.57 Å². The van der Waals surface area contributed by atoms with E-state index in [1.54, 1.807) is 35.8 Å². The van der Waals surface area contributed by atoms with Gasteiger partial charge in [-0.2, -0.15) is 0 Å². The van der Waals surface area contributed by atoms with Gasteiger partial charge in [0.25, 0.3) is 0 Å². The lowest BCUT2D eigenvalue weighted by atomic mass is 10.1. The summed E-state index contributed by atoms with van der Waals surface area (Å²) < 4.78 is 30.1. The van der Waals surface area contributed by atoms with Gasteiger partial charge in [0.1, 0.15) is 5.82 Å². The molecule has 1 aromatic heterocycles. The maximum Gasteiger partial charge on any atom is 0.154 e. The Morgan fingerprint density at radius 2 is 1.68 bits per heavy atom. The van der Waals surface area contributed by atoms with Crippen LogP contribution in [0.5, 0.6) is 0 Å². The van der Waals surface area contributed by atoms with Crippen molar-refractivity contribution in [3.05, 3.63) is 70.1 Å². The molecule has 0 saturated heterocycles. The van der Waals surface area contributed by atoms with Crippen molar-refractivity contribution in [2.45, 2.75) is 6.92 Å². The maximum absolute atomic E-state index is 14.3. The third-order valence-electron chi connectivity index (χ3n) is 3.34. The highest BCUT2D eigenvalue weighted by Crippen LogP contribution is 2.33. The van der Waals surface area contributed by atoms with Crippen molar-refractivity contribution in [2.75, 3.05) is 0 Å². The average molecular weight is 339 g/mol. The molecule has 0 bridgehead atoms. The summed E-state index contributed by atoms with van der Waals surface area (Å²) in [5.41, 5.74) is 1.31.